The fraction of sp³-hybridized carbons (Fsp3) is 0.450. The predicted octanol–water partition coefficient (Wildman–Crippen LogP) is 4.35. The largest absolute Gasteiger partial charge is 0.392 e. The van der Waals surface area contributed by atoms with Crippen molar-refractivity contribution in [3.05, 3.63) is 52.6 Å². The van der Waals surface area contributed by atoms with Gasteiger partial charge in [0.15, 0.2) is 0 Å². The van der Waals surface area contributed by atoms with Crippen LogP contribution in [0.25, 0.3) is 11.1 Å². The standard InChI is InChI=1S/C20H27FN2O/c1-12(2)19-16(10-22-5)18(14-6-8-15(21)9-7-14)17(11-24)20(23-19)13(3)4/h6-9,12-13,22,24H,10-11H2,1-5H3. The molecule has 0 aliphatic heterocycles. The van der Waals surface area contributed by atoms with E-state index in [1.807, 2.05) is 7.05 Å². The maximum absolute atomic E-state index is 13.4. The van der Waals surface area contributed by atoms with E-state index < -0.39 is 0 Å². The first-order chi connectivity index (χ1) is 11.4. The first kappa shape index (κ1) is 18.6. The van der Waals surface area contributed by atoms with Gasteiger partial charge in [0.05, 0.1) is 6.61 Å². The summed E-state index contributed by atoms with van der Waals surface area (Å²) in [6.07, 6.45) is 0. The van der Waals surface area contributed by atoms with Gasteiger partial charge >= 0.3 is 0 Å². The van der Waals surface area contributed by atoms with Crippen molar-refractivity contribution in [2.24, 2.45) is 0 Å². The minimum atomic E-state index is -0.262. The van der Waals surface area contributed by atoms with Gasteiger partial charge in [0, 0.05) is 23.5 Å². The summed E-state index contributed by atoms with van der Waals surface area (Å²) in [5.74, 6) is 0.201. The quantitative estimate of drug-likeness (QED) is 0.828. The molecule has 0 fully saturated rings. The van der Waals surface area contributed by atoms with Crippen molar-refractivity contribution < 1.29 is 9.50 Å². The van der Waals surface area contributed by atoms with Crippen molar-refractivity contribution in [2.45, 2.75) is 52.7 Å². The van der Waals surface area contributed by atoms with Crippen LogP contribution in [0.2, 0.25) is 0 Å². The van der Waals surface area contributed by atoms with E-state index in [0.29, 0.717) is 6.54 Å². The number of nitrogens with one attached hydrogen (secondary N) is 1. The maximum Gasteiger partial charge on any atom is 0.123 e. The van der Waals surface area contributed by atoms with Gasteiger partial charge in [-0.1, -0.05) is 39.8 Å². The fourth-order valence-electron chi connectivity index (χ4n) is 3.14. The number of rotatable bonds is 6. The van der Waals surface area contributed by atoms with E-state index in [2.05, 4.69) is 33.0 Å². The zero-order chi connectivity index (χ0) is 17.9. The Morgan fingerprint density at radius 2 is 1.54 bits per heavy atom. The van der Waals surface area contributed by atoms with E-state index in [4.69, 9.17) is 4.98 Å². The van der Waals surface area contributed by atoms with Gasteiger partial charge in [0.2, 0.25) is 0 Å². The summed E-state index contributed by atoms with van der Waals surface area (Å²) in [4.78, 5) is 4.89. The maximum atomic E-state index is 13.4. The van der Waals surface area contributed by atoms with Crippen LogP contribution in [0.5, 0.6) is 0 Å². The van der Waals surface area contributed by atoms with Gasteiger partial charge in [0.1, 0.15) is 5.82 Å². The molecule has 0 radical (unpaired) electrons. The molecule has 0 amide bonds. The Morgan fingerprint density at radius 1 is 1.00 bits per heavy atom. The molecule has 1 aromatic heterocycles. The summed E-state index contributed by atoms with van der Waals surface area (Å²) in [7, 11) is 1.90. The molecule has 0 spiro atoms. The minimum Gasteiger partial charge on any atom is -0.392 e. The van der Waals surface area contributed by atoms with Crippen LogP contribution in [-0.2, 0) is 13.2 Å². The van der Waals surface area contributed by atoms with Crippen LogP contribution >= 0.6 is 0 Å². The molecule has 0 unspecified atom stereocenters. The number of hydrogen-bond acceptors (Lipinski definition) is 3. The second-order valence-electron chi connectivity index (χ2n) is 6.72. The van der Waals surface area contributed by atoms with Gasteiger partial charge in [-0.25, -0.2) is 4.39 Å². The molecule has 2 N–H and O–H groups in total. The van der Waals surface area contributed by atoms with E-state index >= 15 is 0 Å². The van der Waals surface area contributed by atoms with E-state index in [0.717, 1.165) is 33.6 Å². The number of hydrogen-bond donors (Lipinski definition) is 2. The smallest absolute Gasteiger partial charge is 0.123 e. The van der Waals surface area contributed by atoms with Gasteiger partial charge < -0.3 is 10.4 Å². The van der Waals surface area contributed by atoms with Crippen molar-refractivity contribution in [3.8, 4) is 11.1 Å². The molecule has 0 saturated heterocycles. The Balaban J connectivity index is 2.86. The first-order valence-corrected chi connectivity index (χ1v) is 8.47. The SMILES string of the molecule is CNCc1c(C(C)C)nc(C(C)C)c(CO)c1-c1ccc(F)cc1. The number of aromatic nitrogens is 1. The number of aliphatic hydroxyl groups is 1. The topological polar surface area (TPSA) is 45.2 Å². The summed E-state index contributed by atoms with van der Waals surface area (Å²) in [5.41, 5.74) is 5.76. The Labute approximate surface area is 144 Å². The lowest BCUT2D eigenvalue weighted by Gasteiger charge is -2.24. The lowest BCUT2D eigenvalue weighted by Crippen LogP contribution is -2.16. The van der Waals surface area contributed by atoms with Gasteiger partial charge in [-0.05, 0) is 47.7 Å². The zero-order valence-electron chi connectivity index (χ0n) is 15.2. The molecule has 0 aliphatic rings. The van der Waals surface area contributed by atoms with Crippen LogP contribution in [0.15, 0.2) is 24.3 Å². The first-order valence-electron chi connectivity index (χ1n) is 8.47. The van der Waals surface area contributed by atoms with Crippen LogP contribution in [0.3, 0.4) is 0 Å². The van der Waals surface area contributed by atoms with Crippen molar-refractivity contribution in [2.75, 3.05) is 7.05 Å². The number of aliphatic hydroxyl groups excluding tert-OH is 1. The average Bonchev–Trinajstić information content (AvgIpc) is 2.54. The lowest BCUT2D eigenvalue weighted by atomic mass is 9.87. The highest BCUT2D eigenvalue weighted by atomic mass is 19.1. The van der Waals surface area contributed by atoms with Crippen LogP contribution < -0.4 is 5.32 Å². The highest BCUT2D eigenvalue weighted by Crippen LogP contribution is 2.36. The van der Waals surface area contributed by atoms with Gasteiger partial charge in [-0.2, -0.15) is 0 Å². The van der Waals surface area contributed by atoms with Crippen molar-refractivity contribution in [1.29, 1.82) is 0 Å². The molecule has 0 saturated carbocycles. The summed E-state index contributed by atoms with van der Waals surface area (Å²) < 4.78 is 13.4. The summed E-state index contributed by atoms with van der Waals surface area (Å²) in [6.45, 7) is 8.98. The van der Waals surface area contributed by atoms with Crippen LogP contribution in [0, 0.1) is 5.82 Å². The molecule has 24 heavy (non-hydrogen) atoms. The Morgan fingerprint density at radius 3 is 2.00 bits per heavy atom. The highest BCUT2D eigenvalue weighted by Gasteiger charge is 2.22. The van der Waals surface area contributed by atoms with Crippen LogP contribution in [0.4, 0.5) is 4.39 Å². The number of benzene rings is 1. The fourth-order valence-corrected chi connectivity index (χ4v) is 3.14. The summed E-state index contributed by atoms with van der Waals surface area (Å²) >= 11 is 0. The van der Waals surface area contributed by atoms with Crippen LogP contribution in [-0.4, -0.2) is 17.1 Å². The monoisotopic (exact) mass is 330 g/mol. The van der Waals surface area contributed by atoms with Crippen molar-refractivity contribution in [3.63, 3.8) is 0 Å². The summed E-state index contributed by atoms with van der Waals surface area (Å²) in [6, 6.07) is 6.47. The van der Waals surface area contributed by atoms with Crippen LogP contribution in [0.1, 0.15) is 62.0 Å². The number of nitrogens with zero attached hydrogens (tertiary/aromatic N) is 1. The molecule has 4 heteroatoms. The Hall–Kier alpha value is -1.78. The van der Waals surface area contributed by atoms with E-state index in [-0.39, 0.29) is 24.3 Å². The molecule has 1 heterocycles. The third-order valence-corrected chi connectivity index (χ3v) is 4.20. The number of halogens is 1. The second kappa shape index (κ2) is 7.86. The predicted molar refractivity (Wildman–Crippen MR) is 96.5 cm³/mol. The molecule has 2 aromatic rings. The zero-order valence-corrected chi connectivity index (χ0v) is 15.2. The minimum absolute atomic E-state index is 0.0810. The third kappa shape index (κ3) is 3.65. The second-order valence-corrected chi connectivity index (χ2v) is 6.72. The van der Waals surface area contributed by atoms with E-state index in [1.165, 1.54) is 12.1 Å². The van der Waals surface area contributed by atoms with Gasteiger partial charge in [0.25, 0.3) is 0 Å². The third-order valence-electron chi connectivity index (χ3n) is 4.20. The molecular weight excluding hydrogens is 303 g/mol. The molecule has 0 aliphatic carbocycles. The molecule has 1 aromatic carbocycles. The molecule has 2 rings (SSSR count). The summed E-state index contributed by atoms with van der Waals surface area (Å²) in [5, 5.41) is 13.3. The molecular formula is C20H27FN2O. The Bertz CT molecular complexity index is 694. The lowest BCUT2D eigenvalue weighted by molar-refractivity contribution is 0.279. The van der Waals surface area contributed by atoms with E-state index in [1.54, 1.807) is 12.1 Å². The number of pyridine rings is 1. The Kier molecular flexibility index (Phi) is 6.08. The normalized spacial score (nSPS) is 11.5. The molecule has 130 valence electrons. The van der Waals surface area contributed by atoms with E-state index in [9.17, 15) is 9.50 Å². The molecule has 0 bridgehead atoms. The van der Waals surface area contributed by atoms with Gasteiger partial charge in [-0.15, -0.1) is 0 Å². The molecule has 3 nitrogen and oxygen atoms in total. The average molecular weight is 330 g/mol. The van der Waals surface area contributed by atoms with Gasteiger partial charge in [-0.3, -0.25) is 4.98 Å². The van der Waals surface area contributed by atoms with Crippen molar-refractivity contribution >= 4 is 0 Å². The molecule has 0 atom stereocenters. The van der Waals surface area contributed by atoms with Crippen molar-refractivity contribution in [1.82, 2.24) is 10.3 Å². The highest BCUT2D eigenvalue weighted by molar-refractivity contribution is 5.73.